The number of amides is 2. The van der Waals surface area contributed by atoms with Crippen LogP contribution in [0.15, 0.2) is 0 Å². The molecule has 2 amide bonds. The van der Waals surface area contributed by atoms with Gasteiger partial charge in [-0.25, -0.2) is 4.79 Å². The number of ether oxygens (including phenoxy) is 2. The van der Waals surface area contributed by atoms with E-state index in [1.54, 1.807) is 20.8 Å². The molecule has 0 aromatic carbocycles. The Balaban J connectivity index is 2.67. The molecule has 1 saturated heterocycles. The Morgan fingerprint density at radius 3 is 2.23 bits per heavy atom. The van der Waals surface area contributed by atoms with Gasteiger partial charge in [0.2, 0.25) is 6.10 Å². The lowest BCUT2D eigenvalue weighted by molar-refractivity contribution is -0.205. The van der Waals surface area contributed by atoms with E-state index in [1.165, 1.54) is 0 Å². The van der Waals surface area contributed by atoms with Crippen molar-refractivity contribution in [2.24, 2.45) is 0 Å². The lowest BCUT2D eigenvalue weighted by Gasteiger charge is -2.21. The third-order valence-electron chi connectivity index (χ3n) is 2.44. The zero-order chi connectivity index (χ0) is 16.9. The first-order valence-corrected chi connectivity index (χ1v) is 6.52. The average Bonchev–Trinajstić information content (AvgIpc) is 2.67. The molecule has 1 aliphatic rings. The number of carbonyl (C=O) groups excluding carboxylic acids is 5. The first kappa shape index (κ1) is 17.6. The summed E-state index contributed by atoms with van der Waals surface area (Å²) in [7, 11) is 0. The molecule has 0 aromatic heterocycles. The van der Waals surface area contributed by atoms with Crippen LogP contribution in [0.5, 0.6) is 0 Å². The Morgan fingerprint density at radius 1 is 1.23 bits per heavy atom. The van der Waals surface area contributed by atoms with Crippen LogP contribution in [0, 0.1) is 0 Å². The van der Waals surface area contributed by atoms with Gasteiger partial charge in [-0.1, -0.05) is 0 Å². The van der Waals surface area contributed by atoms with E-state index in [9.17, 15) is 24.0 Å². The highest BCUT2D eigenvalue weighted by molar-refractivity contribution is 6.01. The summed E-state index contributed by atoms with van der Waals surface area (Å²) in [5.41, 5.74) is -0.784. The molecule has 1 heterocycles. The molecule has 0 radical (unpaired) electrons. The molecule has 9 nitrogen and oxygen atoms in total. The molecule has 0 saturated carbocycles. The predicted octanol–water partition coefficient (Wildman–Crippen LogP) is -0.133. The first-order valence-electron chi connectivity index (χ1n) is 6.52. The standard InChI is InChI=1S/C13H17NO8/c1-13(2,3)21-11(18)6-8(20-7-15)12(19)22-14-9(16)4-5-10(14)17/h7-8H,4-6H2,1-3H3/t8-/m0/s1. The summed E-state index contributed by atoms with van der Waals surface area (Å²) in [6, 6.07) is 0. The van der Waals surface area contributed by atoms with Crippen molar-refractivity contribution in [2.75, 3.05) is 0 Å². The molecule has 0 aliphatic carbocycles. The Bertz CT molecular complexity index is 477. The third kappa shape index (κ3) is 5.15. The molecule has 0 aromatic rings. The molecule has 0 spiro atoms. The SMILES string of the molecule is CC(C)(C)OC(=O)C[C@H](OC=O)C(=O)ON1C(=O)CCC1=O. The highest BCUT2D eigenvalue weighted by atomic mass is 16.7. The summed E-state index contributed by atoms with van der Waals surface area (Å²) in [4.78, 5) is 61.1. The number of hydrogen-bond acceptors (Lipinski definition) is 8. The van der Waals surface area contributed by atoms with Gasteiger partial charge in [0.15, 0.2) is 0 Å². The van der Waals surface area contributed by atoms with Gasteiger partial charge in [-0.2, -0.15) is 0 Å². The summed E-state index contributed by atoms with van der Waals surface area (Å²) in [6.45, 7) is 4.84. The summed E-state index contributed by atoms with van der Waals surface area (Å²) in [5.74, 6) is -3.36. The molecule has 22 heavy (non-hydrogen) atoms. The molecule has 0 bridgehead atoms. The van der Waals surface area contributed by atoms with Crippen molar-refractivity contribution in [3.8, 4) is 0 Å². The van der Waals surface area contributed by atoms with Crippen molar-refractivity contribution < 1.29 is 38.3 Å². The monoisotopic (exact) mass is 315 g/mol. The maximum absolute atomic E-state index is 11.8. The molecular weight excluding hydrogens is 298 g/mol. The predicted molar refractivity (Wildman–Crippen MR) is 68.6 cm³/mol. The highest BCUT2D eigenvalue weighted by Crippen LogP contribution is 2.15. The largest absolute Gasteiger partial charge is 0.460 e. The van der Waals surface area contributed by atoms with Gasteiger partial charge >= 0.3 is 11.9 Å². The molecule has 9 heteroatoms. The number of nitrogens with zero attached hydrogens (tertiary/aromatic N) is 1. The van der Waals surface area contributed by atoms with Crippen molar-refractivity contribution in [2.45, 2.75) is 51.7 Å². The quantitative estimate of drug-likeness (QED) is 0.378. The fourth-order valence-corrected chi connectivity index (χ4v) is 1.60. The van der Waals surface area contributed by atoms with Gasteiger partial charge in [-0.05, 0) is 20.8 Å². The Hall–Kier alpha value is -2.45. The van der Waals surface area contributed by atoms with Crippen LogP contribution in [0.1, 0.15) is 40.0 Å². The Labute approximate surface area is 126 Å². The van der Waals surface area contributed by atoms with E-state index in [-0.39, 0.29) is 19.3 Å². The number of hydrogen-bond donors (Lipinski definition) is 0. The maximum atomic E-state index is 11.8. The summed E-state index contributed by atoms with van der Waals surface area (Å²) < 4.78 is 9.45. The Morgan fingerprint density at radius 2 is 1.77 bits per heavy atom. The second kappa shape index (κ2) is 7.01. The van der Waals surface area contributed by atoms with Crippen molar-refractivity contribution in [1.82, 2.24) is 5.06 Å². The molecule has 0 N–H and O–H groups in total. The zero-order valence-electron chi connectivity index (χ0n) is 12.5. The minimum atomic E-state index is -1.60. The second-order valence-electron chi connectivity index (χ2n) is 5.50. The maximum Gasteiger partial charge on any atom is 0.373 e. The van der Waals surface area contributed by atoms with E-state index in [1.807, 2.05) is 0 Å². The summed E-state index contributed by atoms with van der Waals surface area (Å²) in [6.07, 6.45) is -2.34. The molecule has 122 valence electrons. The van der Waals surface area contributed by atoms with Crippen LogP contribution in [0.25, 0.3) is 0 Å². The number of esters is 1. The smallest absolute Gasteiger partial charge is 0.373 e. The number of hydroxylamine groups is 2. The van der Waals surface area contributed by atoms with Gasteiger partial charge in [-0.15, -0.1) is 5.06 Å². The second-order valence-corrected chi connectivity index (χ2v) is 5.50. The fourth-order valence-electron chi connectivity index (χ4n) is 1.60. The van der Waals surface area contributed by atoms with Crippen LogP contribution in [0.2, 0.25) is 0 Å². The van der Waals surface area contributed by atoms with E-state index < -0.39 is 41.9 Å². The normalized spacial score (nSPS) is 16.2. The van der Waals surface area contributed by atoms with E-state index in [4.69, 9.17) is 4.74 Å². The van der Waals surface area contributed by atoms with Crippen molar-refractivity contribution in [3.63, 3.8) is 0 Å². The molecule has 1 aliphatic heterocycles. The minimum absolute atomic E-state index is 0.0378. The summed E-state index contributed by atoms with van der Waals surface area (Å²) >= 11 is 0. The Kier molecular flexibility index (Phi) is 5.61. The van der Waals surface area contributed by atoms with Crippen LogP contribution in [-0.2, 0) is 38.3 Å². The van der Waals surface area contributed by atoms with Crippen LogP contribution in [-0.4, -0.2) is 47.0 Å². The lowest BCUT2D eigenvalue weighted by atomic mass is 10.2. The van der Waals surface area contributed by atoms with Crippen LogP contribution in [0.3, 0.4) is 0 Å². The molecule has 0 unspecified atom stereocenters. The number of imide groups is 1. The third-order valence-corrected chi connectivity index (χ3v) is 2.44. The first-order chi connectivity index (χ1) is 10.1. The zero-order valence-corrected chi connectivity index (χ0v) is 12.5. The van der Waals surface area contributed by atoms with Gasteiger partial charge in [-0.3, -0.25) is 19.2 Å². The van der Waals surface area contributed by atoms with E-state index in [0.29, 0.717) is 5.06 Å². The number of rotatable bonds is 6. The fraction of sp³-hybridized carbons (Fsp3) is 0.615. The topological polar surface area (TPSA) is 116 Å². The molecule has 1 rings (SSSR count). The van der Waals surface area contributed by atoms with Crippen LogP contribution >= 0.6 is 0 Å². The minimum Gasteiger partial charge on any atom is -0.460 e. The van der Waals surface area contributed by atoms with Crippen molar-refractivity contribution >= 4 is 30.2 Å². The van der Waals surface area contributed by atoms with Crippen LogP contribution in [0.4, 0.5) is 0 Å². The van der Waals surface area contributed by atoms with Gasteiger partial charge in [0.1, 0.15) is 5.60 Å². The van der Waals surface area contributed by atoms with Gasteiger partial charge in [0.25, 0.3) is 18.3 Å². The van der Waals surface area contributed by atoms with E-state index in [0.717, 1.165) is 0 Å². The highest BCUT2D eigenvalue weighted by Gasteiger charge is 2.36. The molecule has 1 fully saturated rings. The van der Waals surface area contributed by atoms with Crippen molar-refractivity contribution in [1.29, 1.82) is 0 Å². The van der Waals surface area contributed by atoms with E-state index >= 15 is 0 Å². The van der Waals surface area contributed by atoms with E-state index in [2.05, 4.69) is 9.57 Å². The van der Waals surface area contributed by atoms with Gasteiger partial charge < -0.3 is 14.3 Å². The molecular formula is C13H17NO8. The number of carbonyl (C=O) groups is 5. The van der Waals surface area contributed by atoms with Crippen molar-refractivity contribution in [3.05, 3.63) is 0 Å². The lowest BCUT2D eigenvalue weighted by Crippen LogP contribution is -2.39. The van der Waals surface area contributed by atoms with Gasteiger partial charge in [0.05, 0.1) is 6.42 Å². The van der Waals surface area contributed by atoms with Crippen LogP contribution < -0.4 is 0 Å². The van der Waals surface area contributed by atoms with Gasteiger partial charge in [0, 0.05) is 12.8 Å². The average molecular weight is 315 g/mol. The summed E-state index contributed by atoms with van der Waals surface area (Å²) in [5, 5.41) is 0.304. The molecule has 1 atom stereocenters.